The van der Waals surface area contributed by atoms with Crippen molar-refractivity contribution < 1.29 is 9.59 Å². The number of nitrogens with zero attached hydrogens (tertiary/aromatic N) is 4. The minimum Gasteiger partial charge on any atom is -0.349 e. The molecule has 0 unspecified atom stereocenters. The molecule has 0 radical (unpaired) electrons. The van der Waals surface area contributed by atoms with E-state index in [-0.39, 0.29) is 17.9 Å². The highest BCUT2D eigenvalue weighted by Crippen LogP contribution is 2.50. The molecule has 1 saturated heterocycles. The summed E-state index contributed by atoms with van der Waals surface area (Å²) in [6.45, 7) is 5.29. The molecule has 3 aromatic heterocycles. The Bertz CT molecular complexity index is 1400. The van der Waals surface area contributed by atoms with Crippen LogP contribution < -0.4 is 5.32 Å². The fraction of sp³-hybridized carbons (Fsp3) is 0.360. The van der Waals surface area contributed by atoms with E-state index in [1.165, 1.54) is 11.3 Å². The summed E-state index contributed by atoms with van der Waals surface area (Å²) >= 11 is 3.04. The summed E-state index contributed by atoms with van der Waals surface area (Å²) in [6, 6.07) is 8.16. The Morgan fingerprint density at radius 2 is 2.12 bits per heavy atom. The van der Waals surface area contributed by atoms with Crippen molar-refractivity contribution >= 4 is 39.4 Å². The maximum atomic E-state index is 13.6. The van der Waals surface area contributed by atoms with Crippen LogP contribution in [0.4, 0.5) is 0 Å². The summed E-state index contributed by atoms with van der Waals surface area (Å²) < 4.78 is 1.93. The molecule has 1 saturated carbocycles. The fourth-order valence-corrected chi connectivity index (χ4v) is 6.88. The maximum Gasteiger partial charge on any atom is 0.274 e. The molecule has 6 rings (SSSR count). The highest BCUT2D eigenvalue weighted by atomic mass is 32.1. The number of imidazole rings is 1. The molecule has 3 atom stereocenters. The average molecular weight is 492 g/mol. The number of aryl methyl sites for hydroxylation is 2. The summed E-state index contributed by atoms with van der Waals surface area (Å²) in [5.41, 5.74) is 6.06. The van der Waals surface area contributed by atoms with E-state index in [1.807, 2.05) is 39.8 Å². The van der Waals surface area contributed by atoms with Crippen molar-refractivity contribution in [2.24, 2.45) is 11.8 Å². The van der Waals surface area contributed by atoms with Gasteiger partial charge in [0.15, 0.2) is 4.96 Å². The number of rotatable bonds is 6. The topological polar surface area (TPSA) is 79.6 Å². The van der Waals surface area contributed by atoms with Gasteiger partial charge in [-0.25, -0.2) is 9.97 Å². The second kappa shape index (κ2) is 8.32. The lowest BCUT2D eigenvalue weighted by Crippen LogP contribution is -2.46. The number of likely N-dealkylation sites (tertiary alicyclic amines) is 1. The van der Waals surface area contributed by atoms with Gasteiger partial charge in [0, 0.05) is 24.2 Å². The molecule has 34 heavy (non-hydrogen) atoms. The van der Waals surface area contributed by atoms with Crippen LogP contribution >= 0.6 is 22.7 Å². The number of aromatic nitrogens is 3. The zero-order valence-corrected chi connectivity index (χ0v) is 20.7. The second-order valence-corrected chi connectivity index (χ2v) is 10.8. The molecular weight excluding hydrogens is 466 g/mol. The molecule has 2 amide bonds. The highest BCUT2D eigenvalue weighted by Gasteiger charge is 2.54. The molecule has 9 heteroatoms. The Labute approximate surface area is 205 Å². The molecule has 1 N–H and O–H groups in total. The molecule has 7 nitrogen and oxygen atoms in total. The number of hydrogen-bond acceptors (Lipinski definition) is 6. The number of thiazole rings is 2. The number of amides is 2. The third-order valence-electron chi connectivity index (χ3n) is 7.00. The van der Waals surface area contributed by atoms with Gasteiger partial charge in [-0.05, 0) is 37.2 Å². The van der Waals surface area contributed by atoms with Crippen molar-refractivity contribution in [3.05, 3.63) is 64.0 Å². The third kappa shape index (κ3) is 3.54. The number of carbonyl (C=O) groups excluding carboxylic acids is 2. The van der Waals surface area contributed by atoms with Crippen molar-refractivity contribution in [2.45, 2.75) is 32.7 Å². The Balaban J connectivity index is 1.21. The summed E-state index contributed by atoms with van der Waals surface area (Å²) in [4.78, 5) is 39.2. The van der Waals surface area contributed by atoms with E-state index >= 15 is 0 Å². The standard InChI is InChI=1S/C25H25N5O2S2/c1-3-17-12-33-25-27-10-20(30(17)25)23(31)26-9-19-18-8-16(18)11-29(19)24(32)21-22(34-13-28-21)15-6-4-5-14(2)7-15/h4-7,10,12-13,16,18-19H,3,8-9,11H2,1-2H3,(H,26,31)/t16-,18-,19+/m0/s1. The van der Waals surface area contributed by atoms with Gasteiger partial charge < -0.3 is 10.2 Å². The van der Waals surface area contributed by atoms with Gasteiger partial charge in [0.05, 0.1) is 22.6 Å². The number of hydrogen-bond donors (Lipinski definition) is 1. The van der Waals surface area contributed by atoms with E-state index in [1.54, 1.807) is 23.0 Å². The van der Waals surface area contributed by atoms with Crippen LogP contribution in [0.3, 0.4) is 0 Å². The summed E-state index contributed by atoms with van der Waals surface area (Å²) in [5, 5.41) is 5.14. The zero-order valence-electron chi connectivity index (χ0n) is 19.0. The largest absolute Gasteiger partial charge is 0.349 e. The van der Waals surface area contributed by atoms with Gasteiger partial charge >= 0.3 is 0 Å². The predicted molar refractivity (Wildman–Crippen MR) is 133 cm³/mol. The fourth-order valence-electron chi connectivity index (χ4n) is 5.15. The van der Waals surface area contributed by atoms with E-state index in [2.05, 4.69) is 28.3 Å². The molecule has 1 aromatic carbocycles. The Kier molecular flexibility index (Phi) is 5.26. The first-order chi connectivity index (χ1) is 16.5. The number of piperidine rings is 1. The highest BCUT2D eigenvalue weighted by molar-refractivity contribution is 7.15. The Morgan fingerprint density at radius 1 is 1.24 bits per heavy atom. The van der Waals surface area contributed by atoms with E-state index < -0.39 is 0 Å². The molecule has 2 fully saturated rings. The quantitative estimate of drug-likeness (QED) is 0.437. The van der Waals surface area contributed by atoms with Gasteiger partial charge in [-0.15, -0.1) is 22.7 Å². The zero-order chi connectivity index (χ0) is 23.4. The molecule has 4 aromatic rings. The van der Waals surface area contributed by atoms with Gasteiger partial charge in [-0.3, -0.25) is 14.0 Å². The lowest BCUT2D eigenvalue weighted by Gasteiger charge is -2.27. The number of benzene rings is 1. The van der Waals surface area contributed by atoms with Crippen molar-refractivity contribution in [3.63, 3.8) is 0 Å². The summed E-state index contributed by atoms with van der Waals surface area (Å²) in [5.74, 6) is 0.786. The van der Waals surface area contributed by atoms with E-state index in [0.29, 0.717) is 29.8 Å². The lowest BCUT2D eigenvalue weighted by atomic mass is 10.1. The van der Waals surface area contributed by atoms with Crippen LogP contribution in [0.5, 0.6) is 0 Å². The van der Waals surface area contributed by atoms with Crippen LogP contribution in [0.25, 0.3) is 15.4 Å². The third-order valence-corrected chi connectivity index (χ3v) is 8.76. The molecule has 0 bridgehead atoms. The molecule has 4 heterocycles. The first-order valence-corrected chi connectivity index (χ1v) is 13.3. The Morgan fingerprint density at radius 3 is 2.94 bits per heavy atom. The van der Waals surface area contributed by atoms with Crippen LogP contribution in [0.2, 0.25) is 0 Å². The van der Waals surface area contributed by atoms with Crippen molar-refractivity contribution in [2.75, 3.05) is 13.1 Å². The number of fused-ring (bicyclic) bond motifs is 2. The van der Waals surface area contributed by atoms with E-state index in [9.17, 15) is 9.59 Å². The molecule has 2 aliphatic rings. The van der Waals surface area contributed by atoms with Crippen LogP contribution in [0.15, 0.2) is 41.4 Å². The molecule has 1 aliphatic heterocycles. The number of nitrogens with one attached hydrogen (secondary N) is 1. The van der Waals surface area contributed by atoms with E-state index in [0.717, 1.165) is 46.0 Å². The predicted octanol–water partition coefficient (Wildman–Crippen LogP) is 4.28. The van der Waals surface area contributed by atoms with Gasteiger partial charge in [0.25, 0.3) is 11.8 Å². The molecule has 1 aliphatic carbocycles. The SMILES string of the molecule is CCc1csc2ncc(C(=O)NC[C@@H]3[C@H]4C[C@H]4CN3C(=O)c3ncsc3-c3cccc(C)c3)n12. The maximum absolute atomic E-state index is 13.6. The molecular formula is C25H25N5O2S2. The number of carbonyl (C=O) groups is 2. The monoisotopic (exact) mass is 491 g/mol. The lowest BCUT2D eigenvalue weighted by molar-refractivity contribution is 0.0690. The normalized spacial score (nSPS) is 21.1. The smallest absolute Gasteiger partial charge is 0.274 e. The van der Waals surface area contributed by atoms with Gasteiger partial charge in [-0.2, -0.15) is 0 Å². The minimum atomic E-state index is -0.147. The summed E-state index contributed by atoms with van der Waals surface area (Å²) in [7, 11) is 0. The van der Waals surface area contributed by atoms with Gasteiger partial charge in [0.2, 0.25) is 0 Å². The van der Waals surface area contributed by atoms with Crippen molar-refractivity contribution in [1.29, 1.82) is 0 Å². The first-order valence-electron chi connectivity index (χ1n) is 11.6. The Hall–Kier alpha value is -3.04. The van der Waals surface area contributed by atoms with Crippen molar-refractivity contribution in [3.8, 4) is 10.4 Å². The minimum absolute atomic E-state index is 0.00922. The average Bonchev–Trinajstić information content (AvgIpc) is 3.27. The first kappa shape index (κ1) is 21.5. The van der Waals surface area contributed by atoms with Gasteiger partial charge in [-0.1, -0.05) is 36.8 Å². The van der Waals surface area contributed by atoms with Crippen molar-refractivity contribution in [1.82, 2.24) is 24.6 Å². The molecule has 0 spiro atoms. The summed E-state index contributed by atoms with van der Waals surface area (Å²) in [6.07, 6.45) is 3.59. The van der Waals surface area contributed by atoms with Crippen LogP contribution in [0.1, 0.15) is 45.6 Å². The van der Waals surface area contributed by atoms with Crippen LogP contribution in [-0.2, 0) is 6.42 Å². The molecule has 174 valence electrons. The van der Waals surface area contributed by atoms with E-state index in [4.69, 9.17) is 0 Å². The second-order valence-electron chi connectivity index (χ2n) is 9.14. The van der Waals surface area contributed by atoms with Gasteiger partial charge in [0.1, 0.15) is 11.4 Å². The van der Waals surface area contributed by atoms with Crippen LogP contribution in [0, 0.1) is 18.8 Å². The van der Waals surface area contributed by atoms with Crippen LogP contribution in [-0.4, -0.2) is 50.2 Å².